The molecule has 0 aliphatic carbocycles. The quantitative estimate of drug-likeness (QED) is 0.496. The standard InChI is InChI=1S/C18H20N2OS2/c1-12(2)10-20-17(21)16-15(7-8-22-16)19-18(20)23-11-14-6-4-5-13(3)9-14/h4-9,12H,10-11H2,1-3H3. The van der Waals surface area contributed by atoms with Gasteiger partial charge in [-0.1, -0.05) is 55.4 Å². The minimum Gasteiger partial charge on any atom is -0.286 e. The zero-order chi connectivity index (χ0) is 16.4. The highest BCUT2D eigenvalue weighted by atomic mass is 32.2. The molecule has 0 bridgehead atoms. The third-order valence-electron chi connectivity index (χ3n) is 3.53. The number of rotatable bonds is 5. The smallest absolute Gasteiger partial charge is 0.272 e. The number of benzene rings is 1. The van der Waals surface area contributed by atoms with Crippen molar-refractivity contribution in [3.63, 3.8) is 0 Å². The van der Waals surface area contributed by atoms with Gasteiger partial charge in [0.1, 0.15) is 4.70 Å². The van der Waals surface area contributed by atoms with Crippen molar-refractivity contribution >= 4 is 33.3 Å². The van der Waals surface area contributed by atoms with Gasteiger partial charge in [0.15, 0.2) is 5.16 Å². The first-order valence-electron chi connectivity index (χ1n) is 7.71. The Balaban J connectivity index is 1.96. The van der Waals surface area contributed by atoms with E-state index in [0.717, 1.165) is 21.1 Å². The van der Waals surface area contributed by atoms with Crippen molar-refractivity contribution in [2.24, 2.45) is 5.92 Å². The number of hydrogen-bond donors (Lipinski definition) is 0. The number of aromatic nitrogens is 2. The molecule has 0 amide bonds. The average Bonchev–Trinajstić information content (AvgIpc) is 2.97. The van der Waals surface area contributed by atoms with Gasteiger partial charge in [0.2, 0.25) is 0 Å². The summed E-state index contributed by atoms with van der Waals surface area (Å²) in [6.07, 6.45) is 0. The molecule has 0 aliphatic heterocycles. The molecule has 0 spiro atoms. The van der Waals surface area contributed by atoms with Gasteiger partial charge in [0.25, 0.3) is 5.56 Å². The van der Waals surface area contributed by atoms with E-state index >= 15 is 0 Å². The topological polar surface area (TPSA) is 34.9 Å². The molecule has 0 aliphatic rings. The number of thioether (sulfide) groups is 1. The second kappa shape index (κ2) is 6.89. The second-order valence-electron chi connectivity index (χ2n) is 6.12. The lowest BCUT2D eigenvalue weighted by atomic mass is 10.2. The Morgan fingerprint density at radius 3 is 2.87 bits per heavy atom. The Labute approximate surface area is 144 Å². The first-order chi connectivity index (χ1) is 11.0. The van der Waals surface area contributed by atoms with Crippen molar-refractivity contribution in [1.82, 2.24) is 9.55 Å². The lowest BCUT2D eigenvalue weighted by Gasteiger charge is -2.14. The van der Waals surface area contributed by atoms with E-state index < -0.39 is 0 Å². The number of thiophene rings is 1. The molecule has 0 N–H and O–H groups in total. The van der Waals surface area contributed by atoms with Crippen molar-refractivity contribution in [2.75, 3.05) is 0 Å². The van der Waals surface area contributed by atoms with Gasteiger partial charge in [-0.3, -0.25) is 9.36 Å². The van der Waals surface area contributed by atoms with Crippen LogP contribution < -0.4 is 5.56 Å². The average molecular weight is 345 g/mol. The Morgan fingerprint density at radius 2 is 2.13 bits per heavy atom. The zero-order valence-electron chi connectivity index (χ0n) is 13.6. The van der Waals surface area contributed by atoms with Crippen LogP contribution in [-0.4, -0.2) is 9.55 Å². The summed E-state index contributed by atoms with van der Waals surface area (Å²) in [5, 5.41) is 2.75. The van der Waals surface area contributed by atoms with E-state index in [1.165, 1.54) is 22.5 Å². The van der Waals surface area contributed by atoms with Crippen molar-refractivity contribution in [3.8, 4) is 0 Å². The molecule has 2 heterocycles. The van der Waals surface area contributed by atoms with Crippen LogP contribution in [0.25, 0.3) is 10.2 Å². The van der Waals surface area contributed by atoms with Crippen LogP contribution in [0.3, 0.4) is 0 Å². The summed E-state index contributed by atoms with van der Waals surface area (Å²) in [5.41, 5.74) is 3.41. The summed E-state index contributed by atoms with van der Waals surface area (Å²) >= 11 is 3.11. The van der Waals surface area contributed by atoms with Crippen LogP contribution in [-0.2, 0) is 12.3 Å². The number of nitrogens with zero attached hydrogens (tertiary/aromatic N) is 2. The molecule has 0 saturated carbocycles. The van der Waals surface area contributed by atoms with E-state index in [1.54, 1.807) is 11.8 Å². The molecule has 0 saturated heterocycles. The molecule has 23 heavy (non-hydrogen) atoms. The second-order valence-corrected chi connectivity index (χ2v) is 7.98. The first-order valence-corrected chi connectivity index (χ1v) is 9.57. The molecule has 0 fully saturated rings. The summed E-state index contributed by atoms with van der Waals surface area (Å²) < 4.78 is 2.59. The van der Waals surface area contributed by atoms with Crippen LogP contribution in [0.15, 0.2) is 45.7 Å². The van der Waals surface area contributed by atoms with Crippen LogP contribution in [0.5, 0.6) is 0 Å². The number of aryl methyl sites for hydroxylation is 1. The molecule has 3 nitrogen and oxygen atoms in total. The summed E-state index contributed by atoms with van der Waals surface area (Å²) in [7, 11) is 0. The van der Waals surface area contributed by atoms with Crippen LogP contribution in [0, 0.1) is 12.8 Å². The fraction of sp³-hybridized carbons (Fsp3) is 0.333. The summed E-state index contributed by atoms with van der Waals surface area (Å²) in [6, 6.07) is 10.4. The molecule has 5 heteroatoms. The van der Waals surface area contributed by atoms with Crippen LogP contribution in [0.4, 0.5) is 0 Å². The molecule has 1 aromatic carbocycles. The lowest BCUT2D eigenvalue weighted by molar-refractivity contribution is 0.475. The molecule has 0 unspecified atom stereocenters. The van der Waals surface area contributed by atoms with Crippen molar-refractivity contribution in [1.29, 1.82) is 0 Å². The van der Waals surface area contributed by atoms with Crippen molar-refractivity contribution in [2.45, 2.75) is 38.2 Å². The van der Waals surface area contributed by atoms with E-state index in [0.29, 0.717) is 12.5 Å². The Bertz CT molecular complexity index is 880. The van der Waals surface area contributed by atoms with Gasteiger partial charge in [-0.2, -0.15) is 0 Å². The third kappa shape index (κ3) is 3.67. The zero-order valence-corrected chi connectivity index (χ0v) is 15.2. The van der Waals surface area contributed by atoms with Gasteiger partial charge < -0.3 is 0 Å². The molecular formula is C18H20N2OS2. The number of hydrogen-bond acceptors (Lipinski definition) is 4. The van der Waals surface area contributed by atoms with Gasteiger partial charge in [0, 0.05) is 12.3 Å². The fourth-order valence-electron chi connectivity index (χ4n) is 2.51. The Hall–Kier alpha value is -1.59. The molecule has 120 valence electrons. The van der Waals surface area contributed by atoms with E-state index in [1.807, 2.05) is 16.0 Å². The van der Waals surface area contributed by atoms with Gasteiger partial charge in [0.05, 0.1) is 5.52 Å². The number of fused-ring (bicyclic) bond motifs is 1. The van der Waals surface area contributed by atoms with Crippen LogP contribution in [0.2, 0.25) is 0 Å². The maximum absolute atomic E-state index is 12.7. The Morgan fingerprint density at radius 1 is 1.30 bits per heavy atom. The van der Waals surface area contributed by atoms with Crippen LogP contribution in [0.1, 0.15) is 25.0 Å². The molecule has 2 aromatic heterocycles. The van der Waals surface area contributed by atoms with E-state index in [2.05, 4.69) is 45.0 Å². The SMILES string of the molecule is Cc1cccc(CSc2nc3ccsc3c(=O)n2CC(C)C)c1. The molecule has 3 rings (SSSR count). The lowest BCUT2D eigenvalue weighted by Crippen LogP contribution is -2.24. The molecular weight excluding hydrogens is 324 g/mol. The predicted molar refractivity (Wildman–Crippen MR) is 99.5 cm³/mol. The minimum atomic E-state index is 0.0884. The van der Waals surface area contributed by atoms with Gasteiger partial charge >= 0.3 is 0 Å². The molecule has 0 atom stereocenters. The van der Waals surface area contributed by atoms with E-state index in [-0.39, 0.29) is 5.56 Å². The third-order valence-corrected chi connectivity index (χ3v) is 5.47. The summed E-state index contributed by atoms with van der Waals surface area (Å²) in [5.74, 6) is 1.23. The predicted octanol–water partition coefficient (Wildman–Crippen LogP) is 4.71. The van der Waals surface area contributed by atoms with E-state index in [4.69, 9.17) is 4.98 Å². The Kier molecular flexibility index (Phi) is 4.87. The monoisotopic (exact) mass is 344 g/mol. The maximum Gasteiger partial charge on any atom is 0.272 e. The minimum absolute atomic E-state index is 0.0884. The van der Waals surface area contributed by atoms with Gasteiger partial charge in [-0.15, -0.1) is 11.3 Å². The van der Waals surface area contributed by atoms with Crippen molar-refractivity contribution in [3.05, 3.63) is 57.2 Å². The highest BCUT2D eigenvalue weighted by molar-refractivity contribution is 7.98. The highest BCUT2D eigenvalue weighted by Gasteiger charge is 2.13. The van der Waals surface area contributed by atoms with Gasteiger partial charge in [-0.25, -0.2) is 4.98 Å². The summed E-state index contributed by atoms with van der Waals surface area (Å²) in [4.78, 5) is 17.5. The summed E-state index contributed by atoms with van der Waals surface area (Å²) in [6.45, 7) is 7.05. The first kappa shape index (κ1) is 16.3. The normalized spacial score (nSPS) is 11.5. The van der Waals surface area contributed by atoms with Gasteiger partial charge in [-0.05, 0) is 29.9 Å². The fourth-order valence-corrected chi connectivity index (χ4v) is 4.24. The van der Waals surface area contributed by atoms with Crippen LogP contribution >= 0.6 is 23.1 Å². The van der Waals surface area contributed by atoms with Crippen molar-refractivity contribution < 1.29 is 0 Å². The maximum atomic E-state index is 12.7. The molecule has 0 radical (unpaired) electrons. The molecule has 3 aromatic rings. The highest BCUT2D eigenvalue weighted by Crippen LogP contribution is 2.24. The largest absolute Gasteiger partial charge is 0.286 e. The van der Waals surface area contributed by atoms with E-state index in [9.17, 15) is 4.79 Å².